The molecule has 286 valence electrons. The first kappa shape index (κ1) is 47.1. The summed E-state index contributed by atoms with van der Waals surface area (Å²) in [6, 6.07) is 0. The molecule has 0 radical (unpaired) electrons. The predicted molar refractivity (Wildman–Crippen MR) is 210 cm³/mol. The van der Waals surface area contributed by atoms with Crippen molar-refractivity contribution in [3.63, 3.8) is 0 Å². The SMILES string of the molecule is CC/C=C\C/C=C\C/C=C\CC(=O)OCC(COC(=O)CC/C=C\C/C=C\CCCCCCCC)OC(=O)CCCCCCCCCCCC. The van der Waals surface area contributed by atoms with Gasteiger partial charge in [-0.3, -0.25) is 14.4 Å². The van der Waals surface area contributed by atoms with Crippen molar-refractivity contribution >= 4 is 17.9 Å². The third-order valence-corrected chi connectivity index (χ3v) is 8.30. The van der Waals surface area contributed by atoms with Gasteiger partial charge in [0, 0.05) is 12.8 Å². The fraction of sp³-hybridized carbons (Fsp3) is 0.705. The number of allylic oxidation sites excluding steroid dienone is 9. The highest BCUT2D eigenvalue weighted by molar-refractivity contribution is 5.72. The van der Waals surface area contributed by atoms with Crippen molar-refractivity contribution in [2.75, 3.05) is 13.2 Å². The first-order valence-corrected chi connectivity index (χ1v) is 20.3. The average molecular weight is 699 g/mol. The molecule has 0 saturated heterocycles. The monoisotopic (exact) mass is 699 g/mol. The standard InChI is InChI=1S/C44H74O6/c1-4-7-10-13-16-19-21-22-23-26-28-31-34-37-43(46)49-40-41(39-48-42(45)36-33-30-27-24-18-15-12-9-6-3)50-44(47)38-35-32-29-25-20-17-14-11-8-5-2/h9,12,18,22-24,28,30-31,33,41H,4-8,10-11,13-17,19-21,25-27,29,32,34-40H2,1-3H3/b12-9-,23-22-,24-18-,31-28-,33-30-. The number of carbonyl (C=O) groups is 3. The molecule has 0 fully saturated rings. The van der Waals surface area contributed by atoms with Gasteiger partial charge in [0.05, 0.1) is 6.42 Å². The maximum absolute atomic E-state index is 12.6. The van der Waals surface area contributed by atoms with E-state index in [0.29, 0.717) is 12.8 Å². The van der Waals surface area contributed by atoms with Crippen molar-refractivity contribution in [3.05, 3.63) is 60.8 Å². The van der Waals surface area contributed by atoms with E-state index in [1.807, 2.05) is 12.2 Å². The third-order valence-electron chi connectivity index (χ3n) is 8.30. The molecule has 0 N–H and O–H groups in total. The van der Waals surface area contributed by atoms with Gasteiger partial charge >= 0.3 is 17.9 Å². The van der Waals surface area contributed by atoms with E-state index in [0.717, 1.165) is 51.4 Å². The number of esters is 3. The van der Waals surface area contributed by atoms with Crippen LogP contribution < -0.4 is 0 Å². The average Bonchev–Trinajstić information content (AvgIpc) is 3.11. The van der Waals surface area contributed by atoms with Crippen molar-refractivity contribution in [2.24, 2.45) is 0 Å². The quantitative estimate of drug-likeness (QED) is 0.0284. The van der Waals surface area contributed by atoms with Crippen LogP contribution in [0.5, 0.6) is 0 Å². The Bertz CT molecular complexity index is 944. The van der Waals surface area contributed by atoms with Crippen LogP contribution in [-0.4, -0.2) is 37.2 Å². The molecule has 0 aromatic rings. The lowest BCUT2D eigenvalue weighted by Gasteiger charge is -2.18. The second kappa shape index (κ2) is 38.9. The van der Waals surface area contributed by atoms with Crippen LogP contribution in [0.15, 0.2) is 60.8 Å². The van der Waals surface area contributed by atoms with E-state index >= 15 is 0 Å². The molecule has 0 rings (SSSR count). The largest absolute Gasteiger partial charge is 0.462 e. The molecule has 0 bridgehead atoms. The van der Waals surface area contributed by atoms with Gasteiger partial charge in [-0.1, -0.05) is 171 Å². The van der Waals surface area contributed by atoms with Crippen LogP contribution in [0.25, 0.3) is 0 Å². The van der Waals surface area contributed by atoms with Crippen molar-refractivity contribution in [2.45, 2.75) is 187 Å². The topological polar surface area (TPSA) is 78.9 Å². The van der Waals surface area contributed by atoms with E-state index in [1.165, 1.54) is 83.5 Å². The minimum Gasteiger partial charge on any atom is -0.462 e. The maximum atomic E-state index is 12.6. The Balaban J connectivity index is 4.53. The number of carbonyl (C=O) groups excluding carboxylic acids is 3. The van der Waals surface area contributed by atoms with Crippen molar-refractivity contribution in [1.29, 1.82) is 0 Å². The van der Waals surface area contributed by atoms with E-state index in [4.69, 9.17) is 14.2 Å². The summed E-state index contributed by atoms with van der Waals surface area (Å²) in [6.45, 7) is 6.31. The Morgan fingerprint density at radius 1 is 0.440 bits per heavy atom. The van der Waals surface area contributed by atoms with Gasteiger partial charge in [-0.2, -0.15) is 0 Å². The highest BCUT2D eigenvalue weighted by Crippen LogP contribution is 2.12. The predicted octanol–water partition coefficient (Wildman–Crippen LogP) is 12.6. The molecule has 1 atom stereocenters. The zero-order valence-electron chi connectivity index (χ0n) is 32.4. The normalized spacial score (nSPS) is 12.6. The van der Waals surface area contributed by atoms with Gasteiger partial charge in [-0.15, -0.1) is 0 Å². The van der Waals surface area contributed by atoms with E-state index in [-0.39, 0.29) is 38.0 Å². The Kier molecular flexibility index (Phi) is 36.7. The molecule has 50 heavy (non-hydrogen) atoms. The highest BCUT2D eigenvalue weighted by Gasteiger charge is 2.19. The zero-order valence-corrected chi connectivity index (χ0v) is 32.4. The zero-order chi connectivity index (χ0) is 36.6. The molecule has 0 aliphatic rings. The maximum Gasteiger partial charge on any atom is 0.309 e. The van der Waals surface area contributed by atoms with Gasteiger partial charge < -0.3 is 14.2 Å². The van der Waals surface area contributed by atoms with Crippen molar-refractivity contribution in [1.82, 2.24) is 0 Å². The molecule has 6 heteroatoms. The Hall–Kier alpha value is -2.89. The summed E-state index contributed by atoms with van der Waals surface area (Å²) in [4.78, 5) is 37.3. The first-order chi connectivity index (χ1) is 24.5. The number of rotatable bonds is 35. The Labute approximate surface area is 307 Å². The summed E-state index contributed by atoms with van der Waals surface area (Å²) >= 11 is 0. The van der Waals surface area contributed by atoms with Gasteiger partial charge in [-0.05, 0) is 51.4 Å². The number of hydrogen-bond acceptors (Lipinski definition) is 6. The Morgan fingerprint density at radius 3 is 1.48 bits per heavy atom. The van der Waals surface area contributed by atoms with Gasteiger partial charge in [0.1, 0.15) is 13.2 Å². The molecule has 6 nitrogen and oxygen atoms in total. The van der Waals surface area contributed by atoms with Crippen molar-refractivity contribution < 1.29 is 28.6 Å². The molecule has 0 heterocycles. The molecule has 0 aliphatic carbocycles. The van der Waals surface area contributed by atoms with E-state index < -0.39 is 12.1 Å². The number of unbranched alkanes of at least 4 members (excludes halogenated alkanes) is 15. The molecule has 0 aromatic heterocycles. The number of ether oxygens (including phenoxy) is 3. The molecule has 1 unspecified atom stereocenters. The summed E-state index contributed by atoms with van der Waals surface area (Å²) in [6.07, 6.45) is 45.4. The summed E-state index contributed by atoms with van der Waals surface area (Å²) in [7, 11) is 0. The van der Waals surface area contributed by atoms with Gasteiger partial charge in [0.2, 0.25) is 0 Å². The van der Waals surface area contributed by atoms with Crippen LogP contribution in [0.4, 0.5) is 0 Å². The van der Waals surface area contributed by atoms with Gasteiger partial charge in [0.15, 0.2) is 6.10 Å². The second-order valence-electron chi connectivity index (χ2n) is 13.2. The van der Waals surface area contributed by atoms with Crippen LogP contribution in [0.2, 0.25) is 0 Å². The molecule has 0 saturated carbocycles. The molecular formula is C44H74O6. The van der Waals surface area contributed by atoms with Crippen LogP contribution in [0, 0.1) is 0 Å². The highest BCUT2D eigenvalue weighted by atomic mass is 16.6. The number of hydrogen-bond donors (Lipinski definition) is 0. The minimum atomic E-state index is -0.825. The van der Waals surface area contributed by atoms with Gasteiger partial charge in [0.25, 0.3) is 0 Å². The summed E-state index contributed by atoms with van der Waals surface area (Å²) < 4.78 is 16.4. The van der Waals surface area contributed by atoms with Crippen LogP contribution in [0.3, 0.4) is 0 Å². The fourth-order valence-electron chi connectivity index (χ4n) is 5.26. The fourth-order valence-corrected chi connectivity index (χ4v) is 5.26. The minimum absolute atomic E-state index is 0.128. The first-order valence-electron chi connectivity index (χ1n) is 20.3. The molecule has 0 aliphatic heterocycles. The summed E-state index contributed by atoms with van der Waals surface area (Å²) in [5.41, 5.74) is 0. The lowest BCUT2D eigenvalue weighted by molar-refractivity contribution is -0.166. The lowest BCUT2D eigenvalue weighted by Crippen LogP contribution is -2.30. The molecule has 0 amide bonds. The second-order valence-corrected chi connectivity index (χ2v) is 13.2. The molecule has 0 spiro atoms. The molecule has 0 aromatic carbocycles. The lowest BCUT2D eigenvalue weighted by atomic mass is 10.1. The van der Waals surface area contributed by atoms with E-state index in [9.17, 15) is 14.4 Å². The summed E-state index contributed by atoms with van der Waals surface area (Å²) in [5, 5.41) is 0. The Morgan fingerprint density at radius 2 is 0.900 bits per heavy atom. The third kappa shape index (κ3) is 36.4. The van der Waals surface area contributed by atoms with E-state index in [2.05, 4.69) is 63.3 Å². The van der Waals surface area contributed by atoms with Crippen LogP contribution in [0.1, 0.15) is 181 Å². The van der Waals surface area contributed by atoms with E-state index in [1.54, 1.807) is 6.08 Å². The van der Waals surface area contributed by atoms with Crippen LogP contribution in [-0.2, 0) is 28.6 Å². The van der Waals surface area contributed by atoms with Crippen LogP contribution >= 0.6 is 0 Å². The smallest absolute Gasteiger partial charge is 0.309 e. The summed E-state index contributed by atoms with van der Waals surface area (Å²) in [5.74, 6) is -1.13. The van der Waals surface area contributed by atoms with Gasteiger partial charge in [-0.25, -0.2) is 0 Å². The van der Waals surface area contributed by atoms with Crippen molar-refractivity contribution in [3.8, 4) is 0 Å². The molecular weight excluding hydrogens is 624 g/mol.